The predicted octanol–water partition coefficient (Wildman–Crippen LogP) is 3.89. The average molecular weight is 330 g/mol. The van der Waals surface area contributed by atoms with E-state index in [-0.39, 0.29) is 10.7 Å². The minimum absolute atomic E-state index is 0.0809. The van der Waals surface area contributed by atoms with Crippen molar-refractivity contribution in [3.8, 4) is 0 Å². The van der Waals surface area contributed by atoms with Gasteiger partial charge in [-0.3, -0.25) is 4.79 Å². The fourth-order valence-electron chi connectivity index (χ4n) is 1.33. The minimum atomic E-state index is -0.580. The van der Waals surface area contributed by atoms with Crippen LogP contribution in [0.4, 0.5) is 10.1 Å². The van der Waals surface area contributed by atoms with Crippen LogP contribution in [0.2, 0.25) is 5.02 Å². The van der Waals surface area contributed by atoms with Gasteiger partial charge in [0.15, 0.2) is 0 Å². The highest BCUT2D eigenvalue weighted by atomic mass is 79.9. The molecule has 0 atom stereocenters. The van der Waals surface area contributed by atoms with E-state index in [4.69, 9.17) is 11.6 Å². The van der Waals surface area contributed by atoms with Gasteiger partial charge in [0.25, 0.3) is 5.91 Å². The summed E-state index contributed by atoms with van der Waals surface area (Å²) >= 11 is 8.78. The highest BCUT2D eigenvalue weighted by Gasteiger charge is 2.10. The zero-order valence-electron chi connectivity index (χ0n) is 8.95. The summed E-state index contributed by atoms with van der Waals surface area (Å²) in [6.45, 7) is 0. The summed E-state index contributed by atoms with van der Waals surface area (Å²) in [5.41, 5.74) is 0.462. The monoisotopic (exact) mass is 328 g/mol. The minimum Gasteiger partial charge on any atom is -0.319 e. The van der Waals surface area contributed by atoms with Crippen LogP contribution >= 0.6 is 27.5 Å². The number of anilines is 1. The van der Waals surface area contributed by atoms with Crippen LogP contribution in [0, 0.1) is 5.82 Å². The first-order chi connectivity index (χ1) is 8.56. The van der Waals surface area contributed by atoms with Gasteiger partial charge in [0.05, 0.1) is 5.69 Å². The van der Waals surface area contributed by atoms with Crippen LogP contribution in [0.25, 0.3) is 0 Å². The summed E-state index contributed by atoms with van der Waals surface area (Å²) in [7, 11) is 0. The Hall–Kier alpha value is -1.46. The summed E-state index contributed by atoms with van der Waals surface area (Å²) < 4.78 is 14.0. The molecular formula is C12H7BrClFN2O. The lowest BCUT2D eigenvalue weighted by Crippen LogP contribution is -2.13. The zero-order valence-corrected chi connectivity index (χ0v) is 11.3. The van der Waals surface area contributed by atoms with Gasteiger partial charge in [-0.2, -0.15) is 0 Å². The Morgan fingerprint density at radius 1 is 1.33 bits per heavy atom. The molecule has 0 aliphatic rings. The largest absolute Gasteiger partial charge is 0.319 e. The molecular weight excluding hydrogens is 322 g/mol. The number of rotatable bonds is 2. The van der Waals surface area contributed by atoms with Crippen molar-refractivity contribution in [2.75, 3.05) is 5.32 Å². The zero-order chi connectivity index (χ0) is 13.1. The number of hydrogen-bond donors (Lipinski definition) is 1. The Morgan fingerprint density at radius 3 is 2.78 bits per heavy atom. The first-order valence-corrected chi connectivity index (χ1v) is 6.11. The second kappa shape index (κ2) is 5.46. The second-order valence-corrected chi connectivity index (χ2v) is 4.69. The van der Waals surface area contributed by atoms with Gasteiger partial charge in [-0.25, -0.2) is 9.37 Å². The van der Waals surface area contributed by atoms with Gasteiger partial charge in [0, 0.05) is 16.8 Å². The average Bonchev–Trinajstić information content (AvgIpc) is 2.32. The summed E-state index contributed by atoms with van der Waals surface area (Å²) in [6, 6.07) is 7.13. The first-order valence-electron chi connectivity index (χ1n) is 4.94. The van der Waals surface area contributed by atoms with Gasteiger partial charge in [-0.1, -0.05) is 11.6 Å². The third-order valence-corrected chi connectivity index (χ3v) is 2.84. The number of nitrogens with one attached hydrogen (secondary N) is 1. The van der Waals surface area contributed by atoms with Crippen LogP contribution in [0.3, 0.4) is 0 Å². The van der Waals surface area contributed by atoms with Crippen LogP contribution in [0.15, 0.2) is 41.1 Å². The molecule has 2 aromatic rings. The number of hydrogen-bond acceptors (Lipinski definition) is 2. The molecule has 6 heteroatoms. The van der Waals surface area contributed by atoms with Gasteiger partial charge in [0.1, 0.15) is 10.4 Å². The Bertz CT molecular complexity index is 606. The van der Waals surface area contributed by atoms with Crippen LogP contribution in [-0.2, 0) is 0 Å². The lowest BCUT2D eigenvalue weighted by Gasteiger charge is -2.06. The molecule has 1 aromatic carbocycles. The molecule has 0 radical (unpaired) electrons. The normalized spacial score (nSPS) is 10.2. The molecule has 0 spiro atoms. The Balaban J connectivity index is 2.21. The highest BCUT2D eigenvalue weighted by molar-refractivity contribution is 9.10. The Labute approximate surface area is 116 Å². The van der Waals surface area contributed by atoms with Crippen LogP contribution in [-0.4, -0.2) is 10.9 Å². The van der Waals surface area contributed by atoms with Crippen LogP contribution < -0.4 is 5.32 Å². The van der Waals surface area contributed by atoms with Crippen LogP contribution in [0.1, 0.15) is 10.4 Å². The van der Waals surface area contributed by atoms with Gasteiger partial charge in [0.2, 0.25) is 0 Å². The molecule has 0 saturated carbocycles. The van der Waals surface area contributed by atoms with E-state index >= 15 is 0 Å². The van der Waals surface area contributed by atoms with Crippen molar-refractivity contribution in [2.24, 2.45) is 0 Å². The van der Waals surface area contributed by atoms with E-state index in [1.54, 1.807) is 6.07 Å². The van der Waals surface area contributed by atoms with E-state index in [1.807, 2.05) is 0 Å². The Kier molecular flexibility index (Phi) is 3.93. The molecule has 1 heterocycles. The number of halogens is 3. The van der Waals surface area contributed by atoms with Crippen molar-refractivity contribution >= 4 is 39.1 Å². The molecule has 0 aliphatic carbocycles. The predicted molar refractivity (Wildman–Crippen MR) is 71.3 cm³/mol. The van der Waals surface area contributed by atoms with Crippen molar-refractivity contribution < 1.29 is 9.18 Å². The molecule has 0 saturated heterocycles. The number of benzene rings is 1. The summed E-state index contributed by atoms with van der Waals surface area (Å²) in [4.78, 5) is 15.7. The lowest BCUT2D eigenvalue weighted by atomic mass is 10.2. The van der Waals surface area contributed by atoms with Gasteiger partial charge < -0.3 is 5.32 Å². The SMILES string of the molecule is O=C(Nc1ccc(Cl)cc1F)c1ccnc(Br)c1. The molecule has 0 unspecified atom stereocenters. The number of carbonyl (C=O) groups is 1. The van der Waals surface area contributed by atoms with E-state index in [9.17, 15) is 9.18 Å². The maximum Gasteiger partial charge on any atom is 0.255 e. The lowest BCUT2D eigenvalue weighted by molar-refractivity contribution is 0.102. The molecule has 1 amide bonds. The fourth-order valence-corrected chi connectivity index (χ4v) is 1.85. The Morgan fingerprint density at radius 2 is 2.11 bits per heavy atom. The molecule has 1 N–H and O–H groups in total. The van der Waals surface area contributed by atoms with Gasteiger partial charge >= 0.3 is 0 Å². The third kappa shape index (κ3) is 3.05. The number of amides is 1. The number of pyridine rings is 1. The third-order valence-electron chi connectivity index (χ3n) is 2.17. The van der Waals surface area contributed by atoms with Crippen molar-refractivity contribution in [1.29, 1.82) is 0 Å². The maximum atomic E-state index is 13.5. The summed E-state index contributed by atoms with van der Waals surface area (Å²) in [5, 5.41) is 2.73. The number of aromatic nitrogens is 1. The van der Waals surface area contributed by atoms with E-state index in [0.29, 0.717) is 10.2 Å². The molecule has 18 heavy (non-hydrogen) atoms. The van der Waals surface area contributed by atoms with Crippen molar-refractivity contribution in [3.05, 3.63) is 57.5 Å². The van der Waals surface area contributed by atoms with Crippen molar-refractivity contribution in [2.45, 2.75) is 0 Å². The maximum absolute atomic E-state index is 13.5. The molecule has 0 fully saturated rings. The standard InChI is InChI=1S/C12H7BrClFN2O/c13-11-5-7(3-4-16-11)12(18)17-10-2-1-8(14)6-9(10)15/h1-6H,(H,17,18). The van der Waals surface area contributed by atoms with Crippen molar-refractivity contribution in [1.82, 2.24) is 4.98 Å². The van der Waals surface area contributed by atoms with Crippen LogP contribution in [0.5, 0.6) is 0 Å². The highest BCUT2D eigenvalue weighted by Crippen LogP contribution is 2.19. The fraction of sp³-hybridized carbons (Fsp3) is 0. The second-order valence-electron chi connectivity index (χ2n) is 3.45. The number of carbonyl (C=O) groups excluding carboxylic acids is 1. The molecule has 0 bridgehead atoms. The molecule has 2 rings (SSSR count). The summed E-state index contributed by atoms with van der Waals surface area (Å²) in [5.74, 6) is -0.997. The molecule has 3 nitrogen and oxygen atoms in total. The van der Waals surface area contributed by atoms with E-state index in [0.717, 1.165) is 6.07 Å². The first kappa shape index (κ1) is 13.0. The quantitative estimate of drug-likeness (QED) is 0.849. The van der Waals surface area contributed by atoms with Gasteiger partial charge in [-0.05, 0) is 46.3 Å². The molecule has 0 aliphatic heterocycles. The number of nitrogens with zero attached hydrogens (tertiary/aromatic N) is 1. The van der Waals surface area contributed by atoms with E-state index in [1.165, 1.54) is 24.4 Å². The van der Waals surface area contributed by atoms with E-state index in [2.05, 4.69) is 26.2 Å². The molecule has 92 valence electrons. The smallest absolute Gasteiger partial charge is 0.255 e. The topological polar surface area (TPSA) is 42.0 Å². The van der Waals surface area contributed by atoms with Crippen molar-refractivity contribution in [3.63, 3.8) is 0 Å². The van der Waals surface area contributed by atoms with E-state index < -0.39 is 11.7 Å². The molecule has 1 aromatic heterocycles. The summed E-state index contributed by atoms with van der Waals surface area (Å²) in [6.07, 6.45) is 1.48. The van der Waals surface area contributed by atoms with Gasteiger partial charge in [-0.15, -0.1) is 0 Å².